The summed E-state index contributed by atoms with van der Waals surface area (Å²) in [6, 6.07) is 0. The van der Waals surface area contributed by atoms with Crippen molar-refractivity contribution >= 4 is 23.1 Å². The molecular weight excluding hydrogens is 212 g/mol. The van der Waals surface area contributed by atoms with Gasteiger partial charge in [-0.1, -0.05) is 24.4 Å². The van der Waals surface area contributed by atoms with Gasteiger partial charge in [0.05, 0.1) is 0 Å². The number of aromatic nitrogens is 2. The van der Waals surface area contributed by atoms with Crippen molar-refractivity contribution in [2.24, 2.45) is 5.92 Å². The van der Waals surface area contributed by atoms with Crippen LogP contribution in [0.1, 0.15) is 25.7 Å². The van der Waals surface area contributed by atoms with Crippen LogP contribution in [-0.2, 0) is 0 Å². The van der Waals surface area contributed by atoms with Gasteiger partial charge in [0.25, 0.3) is 0 Å². The monoisotopic (exact) mass is 226 g/mol. The van der Waals surface area contributed by atoms with E-state index in [9.17, 15) is 0 Å². The van der Waals surface area contributed by atoms with Crippen LogP contribution in [0, 0.1) is 5.92 Å². The zero-order chi connectivity index (χ0) is 10.7. The number of nitrogens with two attached hydrogens (primary N) is 1. The number of nitrogens with one attached hydrogen (secondary N) is 1. The van der Waals surface area contributed by atoms with Gasteiger partial charge < -0.3 is 11.1 Å². The van der Waals surface area contributed by atoms with Crippen LogP contribution in [0.3, 0.4) is 0 Å². The van der Waals surface area contributed by atoms with E-state index in [0.717, 1.165) is 18.9 Å². The molecule has 0 saturated heterocycles. The van der Waals surface area contributed by atoms with Crippen molar-refractivity contribution in [1.82, 2.24) is 9.97 Å². The predicted molar refractivity (Wildman–Crippen MR) is 61.9 cm³/mol. The molecule has 1 fully saturated rings. The van der Waals surface area contributed by atoms with E-state index in [4.69, 9.17) is 17.3 Å². The average Bonchev–Trinajstić information content (AvgIpc) is 3.02. The molecule has 2 rings (SSSR count). The van der Waals surface area contributed by atoms with Crippen LogP contribution in [0.2, 0.25) is 5.15 Å². The summed E-state index contributed by atoms with van der Waals surface area (Å²) in [5.74, 6) is 1.61. The molecule has 82 valence electrons. The summed E-state index contributed by atoms with van der Waals surface area (Å²) in [5.41, 5.74) is 6.15. The highest BCUT2D eigenvalue weighted by Crippen LogP contribution is 2.33. The number of hydrogen-bond acceptors (Lipinski definition) is 4. The fourth-order valence-electron chi connectivity index (χ4n) is 1.52. The summed E-state index contributed by atoms with van der Waals surface area (Å²) in [5, 5.41) is 3.49. The highest BCUT2D eigenvalue weighted by Gasteiger charge is 2.20. The van der Waals surface area contributed by atoms with E-state index in [1.165, 1.54) is 25.6 Å². The molecule has 0 bridgehead atoms. The van der Waals surface area contributed by atoms with Crippen molar-refractivity contribution in [3.8, 4) is 0 Å². The first-order valence-electron chi connectivity index (χ1n) is 5.27. The number of anilines is 2. The minimum atomic E-state index is 0.315. The smallest absolute Gasteiger partial charge is 0.157 e. The lowest BCUT2D eigenvalue weighted by Gasteiger charge is -2.07. The number of nitrogen functional groups attached to an aromatic ring is 1. The molecule has 0 spiro atoms. The minimum absolute atomic E-state index is 0.315. The Labute approximate surface area is 94.2 Å². The van der Waals surface area contributed by atoms with Crippen LogP contribution >= 0.6 is 11.6 Å². The molecule has 5 heteroatoms. The fraction of sp³-hybridized carbons (Fsp3) is 0.600. The molecule has 1 aliphatic rings. The summed E-state index contributed by atoms with van der Waals surface area (Å²) < 4.78 is 0. The maximum atomic E-state index is 5.77. The lowest BCUT2D eigenvalue weighted by atomic mass is 10.2. The normalized spacial score (nSPS) is 15.3. The van der Waals surface area contributed by atoms with Crippen LogP contribution in [0.4, 0.5) is 11.5 Å². The summed E-state index contributed by atoms with van der Waals surface area (Å²) in [7, 11) is 0. The molecule has 15 heavy (non-hydrogen) atoms. The third-order valence-corrected chi connectivity index (χ3v) is 2.91. The van der Waals surface area contributed by atoms with E-state index in [1.807, 2.05) is 0 Å². The van der Waals surface area contributed by atoms with Crippen molar-refractivity contribution in [2.75, 3.05) is 17.6 Å². The topological polar surface area (TPSA) is 63.8 Å². The largest absolute Gasteiger partial charge is 0.393 e. The van der Waals surface area contributed by atoms with Crippen LogP contribution in [-0.4, -0.2) is 16.5 Å². The van der Waals surface area contributed by atoms with Crippen LogP contribution in [0.15, 0.2) is 6.33 Å². The molecule has 0 unspecified atom stereocenters. The van der Waals surface area contributed by atoms with E-state index in [0.29, 0.717) is 16.7 Å². The van der Waals surface area contributed by atoms with Gasteiger partial charge in [-0.05, 0) is 18.8 Å². The molecule has 3 N–H and O–H groups in total. The van der Waals surface area contributed by atoms with Crippen molar-refractivity contribution in [3.05, 3.63) is 11.5 Å². The van der Waals surface area contributed by atoms with E-state index in [2.05, 4.69) is 15.3 Å². The van der Waals surface area contributed by atoms with Crippen molar-refractivity contribution in [1.29, 1.82) is 0 Å². The van der Waals surface area contributed by atoms with Crippen LogP contribution < -0.4 is 11.1 Å². The lowest BCUT2D eigenvalue weighted by molar-refractivity contribution is 0.686. The summed E-state index contributed by atoms with van der Waals surface area (Å²) in [6.07, 6.45) is 6.68. The van der Waals surface area contributed by atoms with Crippen molar-refractivity contribution < 1.29 is 0 Å². The van der Waals surface area contributed by atoms with Crippen molar-refractivity contribution in [3.63, 3.8) is 0 Å². The van der Waals surface area contributed by atoms with Gasteiger partial charge in [-0.15, -0.1) is 0 Å². The van der Waals surface area contributed by atoms with Gasteiger partial charge in [0.2, 0.25) is 0 Å². The van der Waals surface area contributed by atoms with Gasteiger partial charge in [-0.25, -0.2) is 9.97 Å². The van der Waals surface area contributed by atoms with Gasteiger partial charge in [-0.3, -0.25) is 0 Å². The Morgan fingerprint density at radius 3 is 3.00 bits per heavy atom. The molecular formula is C10H15ClN4. The molecule has 0 radical (unpaired) electrons. The average molecular weight is 227 g/mol. The predicted octanol–water partition coefficient (Wildman–Crippen LogP) is 2.31. The second-order valence-corrected chi connectivity index (χ2v) is 4.30. The lowest BCUT2D eigenvalue weighted by Crippen LogP contribution is -2.07. The fourth-order valence-corrected chi connectivity index (χ4v) is 1.65. The van der Waals surface area contributed by atoms with Gasteiger partial charge in [0.1, 0.15) is 12.0 Å². The quantitative estimate of drug-likeness (QED) is 0.598. The molecule has 1 aromatic heterocycles. The molecule has 1 aromatic rings. The van der Waals surface area contributed by atoms with E-state index in [1.54, 1.807) is 0 Å². The summed E-state index contributed by atoms with van der Waals surface area (Å²) in [6.45, 7) is 0.897. The highest BCUT2D eigenvalue weighted by molar-refractivity contribution is 6.32. The summed E-state index contributed by atoms with van der Waals surface area (Å²) in [4.78, 5) is 7.83. The Bertz CT molecular complexity index is 338. The van der Waals surface area contributed by atoms with E-state index < -0.39 is 0 Å². The maximum absolute atomic E-state index is 5.77. The molecule has 0 atom stereocenters. The first-order chi connectivity index (χ1) is 7.27. The molecule has 1 aliphatic carbocycles. The Morgan fingerprint density at radius 2 is 2.27 bits per heavy atom. The van der Waals surface area contributed by atoms with E-state index >= 15 is 0 Å². The maximum Gasteiger partial charge on any atom is 0.157 e. The number of nitrogens with zero attached hydrogens (tertiary/aromatic N) is 2. The molecule has 0 aromatic carbocycles. The number of hydrogen-bond donors (Lipinski definition) is 2. The second-order valence-electron chi connectivity index (χ2n) is 3.94. The van der Waals surface area contributed by atoms with E-state index in [-0.39, 0.29) is 0 Å². The highest BCUT2D eigenvalue weighted by atomic mass is 35.5. The Morgan fingerprint density at radius 1 is 1.47 bits per heavy atom. The Balaban J connectivity index is 1.78. The minimum Gasteiger partial charge on any atom is -0.393 e. The standard InChI is InChI=1S/C10H15ClN4/c11-9-8(12)10(15-6-14-9)13-5-1-2-7-3-4-7/h6-7H,1-5,12H2,(H,13,14,15). The van der Waals surface area contributed by atoms with Gasteiger partial charge in [-0.2, -0.15) is 0 Å². The van der Waals surface area contributed by atoms with Gasteiger partial charge in [0, 0.05) is 6.54 Å². The Kier molecular flexibility index (Phi) is 3.26. The molecule has 4 nitrogen and oxygen atoms in total. The second kappa shape index (κ2) is 4.66. The van der Waals surface area contributed by atoms with Crippen molar-refractivity contribution in [2.45, 2.75) is 25.7 Å². The SMILES string of the molecule is Nc1c(Cl)ncnc1NCCCC1CC1. The molecule has 0 amide bonds. The Hall–Kier alpha value is -1.03. The van der Waals surface area contributed by atoms with Crippen LogP contribution in [0.25, 0.3) is 0 Å². The van der Waals surface area contributed by atoms with Gasteiger partial charge >= 0.3 is 0 Å². The van der Waals surface area contributed by atoms with Crippen LogP contribution in [0.5, 0.6) is 0 Å². The third kappa shape index (κ3) is 2.96. The first-order valence-corrected chi connectivity index (χ1v) is 5.65. The molecule has 1 heterocycles. The number of rotatable bonds is 5. The third-order valence-electron chi connectivity index (χ3n) is 2.61. The zero-order valence-electron chi connectivity index (χ0n) is 8.54. The summed E-state index contributed by atoms with van der Waals surface area (Å²) >= 11 is 5.77. The molecule has 1 saturated carbocycles. The zero-order valence-corrected chi connectivity index (χ0v) is 9.30. The van der Waals surface area contributed by atoms with Gasteiger partial charge in [0.15, 0.2) is 11.0 Å². The molecule has 0 aliphatic heterocycles. The first kappa shape index (κ1) is 10.5. The number of halogens is 1.